The van der Waals surface area contributed by atoms with Crippen LogP contribution in [0.1, 0.15) is 19.3 Å². The summed E-state index contributed by atoms with van der Waals surface area (Å²) in [6.07, 6.45) is 7.43. The van der Waals surface area contributed by atoms with Crippen molar-refractivity contribution in [2.45, 2.75) is 24.0 Å². The SMILES string of the molecule is [Cl][Ge]([Cl])([Cl])[CH]1CC=CCC1. The third kappa shape index (κ3) is 2.65. The van der Waals surface area contributed by atoms with E-state index in [0.29, 0.717) is 4.75 Å². The van der Waals surface area contributed by atoms with E-state index in [0.717, 1.165) is 19.3 Å². The van der Waals surface area contributed by atoms with Crippen molar-refractivity contribution in [3.8, 4) is 0 Å². The zero-order valence-electron chi connectivity index (χ0n) is 5.49. The molecule has 0 saturated heterocycles. The molecule has 0 N–H and O–H groups in total. The van der Waals surface area contributed by atoms with Crippen LogP contribution >= 0.6 is 30.0 Å². The minimum atomic E-state index is -2.86. The van der Waals surface area contributed by atoms with Gasteiger partial charge in [-0.1, -0.05) is 0 Å². The minimum absolute atomic E-state index is 0.398. The van der Waals surface area contributed by atoms with Crippen molar-refractivity contribution in [2.24, 2.45) is 0 Å². The Balaban J connectivity index is 2.49. The van der Waals surface area contributed by atoms with Gasteiger partial charge >= 0.3 is 76.7 Å². The van der Waals surface area contributed by atoms with E-state index in [4.69, 9.17) is 30.0 Å². The Hall–Kier alpha value is 1.15. The monoisotopic (exact) mass is 260 g/mol. The van der Waals surface area contributed by atoms with E-state index < -0.39 is 10.5 Å². The molecule has 0 heterocycles. The van der Waals surface area contributed by atoms with Gasteiger partial charge in [0.2, 0.25) is 0 Å². The molecule has 0 aromatic carbocycles. The van der Waals surface area contributed by atoms with Gasteiger partial charge in [-0.05, 0) is 0 Å². The molecule has 0 fully saturated rings. The molecule has 10 heavy (non-hydrogen) atoms. The van der Waals surface area contributed by atoms with Crippen LogP contribution in [-0.4, -0.2) is 10.5 Å². The second-order valence-corrected chi connectivity index (χ2v) is 18.8. The number of rotatable bonds is 1. The van der Waals surface area contributed by atoms with Crippen LogP contribution in [-0.2, 0) is 0 Å². The van der Waals surface area contributed by atoms with Gasteiger partial charge in [0.05, 0.1) is 0 Å². The van der Waals surface area contributed by atoms with Gasteiger partial charge in [-0.2, -0.15) is 0 Å². The molecule has 58 valence electrons. The molecular weight excluding hydrogens is 251 g/mol. The zero-order valence-corrected chi connectivity index (χ0v) is 9.85. The van der Waals surface area contributed by atoms with Gasteiger partial charge in [0.25, 0.3) is 0 Å². The van der Waals surface area contributed by atoms with E-state index in [1.54, 1.807) is 0 Å². The molecule has 0 amide bonds. The van der Waals surface area contributed by atoms with E-state index in [2.05, 4.69) is 12.2 Å². The summed E-state index contributed by atoms with van der Waals surface area (Å²) < 4.78 is 0.398. The molecule has 0 saturated carbocycles. The molecule has 0 aromatic rings. The van der Waals surface area contributed by atoms with Crippen LogP contribution in [0.3, 0.4) is 0 Å². The van der Waals surface area contributed by atoms with Crippen LogP contribution in [0.2, 0.25) is 4.75 Å². The van der Waals surface area contributed by atoms with Crippen LogP contribution < -0.4 is 0 Å². The van der Waals surface area contributed by atoms with Crippen molar-refractivity contribution in [2.75, 3.05) is 0 Å². The molecule has 0 radical (unpaired) electrons. The number of hydrogen-bond donors (Lipinski definition) is 0. The van der Waals surface area contributed by atoms with Gasteiger partial charge in [-0.15, -0.1) is 0 Å². The molecule has 1 aliphatic carbocycles. The van der Waals surface area contributed by atoms with Crippen molar-refractivity contribution in [1.82, 2.24) is 0 Å². The van der Waals surface area contributed by atoms with Crippen molar-refractivity contribution >= 4 is 40.5 Å². The van der Waals surface area contributed by atoms with E-state index in [1.165, 1.54) is 0 Å². The Labute approximate surface area is 76.4 Å². The molecule has 1 atom stereocenters. The normalized spacial score (nSPS) is 26.9. The Morgan fingerprint density at radius 1 is 1.20 bits per heavy atom. The second kappa shape index (κ2) is 3.70. The van der Waals surface area contributed by atoms with Crippen molar-refractivity contribution in [1.29, 1.82) is 0 Å². The summed E-state index contributed by atoms with van der Waals surface area (Å²) >= 11 is 0. The molecule has 0 bridgehead atoms. The fourth-order valence-corrected chi connectivity index (χ4v) is 6.06. The van der Waals surface area contributed by atoms with E-state index in [-0.39, 0.29) is 0 Å². The third-order valence-electron chi connectivity index (χ3n) is 1.73. The van der Waals surface area contributed by atoms with Gasteiger partial charge in [0.15, 0.2) is 0 Å². The van der Waals surface area contributed by atoms with Crippen molar-refractivity contribution in [3.05, 3.63) is 12.2 Å². The van der Waals surface area contributed by atoms with Crippen molar-refractivity contribution in [3.63, 3.8) is 0 Å². The van der Waals surface area contributed by atoms with Gasteiger partial charge in [-0.3, -0.25) is 0 Å². The molecule has 0 aliphatic heterocycles. The van der Waals surface area contributed by atoms with Gasteiger partial charge in [0.1, 0.15) is 0 Å². The summed E-state index contributed by atoms with van der Waals surface area (Å²) in [5.41, 5.74) is 0. The van der Waals surface area contributed by atoms with Crippen molar-refractivity contribution < 1.29 is 0 Å². The first-order chi connectivity index (χ1) is 4.61. The topological polar surface area (TPSA) is 0 Å². The Bertz CT molecular complexity index is 138. The first-order valence-electron chi connectivity index (χ1n) is 3.32. The molecule has 1 aliphatic rings. The van der Waals surface area contributed by atoms with Crippen LogP contribution in [0.4, 0.5) is 0 Å². The van der Waals surface area contributed by atoms with Crippen LogP contribution in [0.15, 0.2) is 12.2 Å². The molecular formula is C6H9Cl3Ge. The third-order valence-corrected chi connectivity index (χ3v) is 9.59. The first kappa shape index (κ1) is 9.24. The molecule has 1 unspecified atom stereocenters. The summed E-state index contributed by atoms with van der Waals surface area (Å²) in [6.45, 7) is 0. The Kier molecular flexibility index (Phi) is 3.42. The molecule has 0 spiro atoms. The number of hydrogen-bond acceptors (Lipinski definition) is 0. The average Bonchev–Trinajstić information content (AvgIpc) is 1.88. The predicted octanol–water partition coefficient (Wildman–Crippen LogP) is 3.75. The summed E-state index contributed by atoms with van der Waals surface area (Å²) in [6, 6.07) is 0. The summed E-state index contributed by atoms with van der Waals surface area (Å²) in [4.78, 5) is 0. The Morgan fingerprint density at radius 3 is 2.20 bits per heavy atom. The van der Waals surface area contributed by atoms with Gasteiger partial charge in [-0.25, -0.2) is 0 Å². The average molecular weight is 260 g/mol. The van der Waals surface area contributed by atoms with Crippen LogP contribution in [0, 0.1) is 0 Å². The first-order valence-corrected chi connectivity index (χ1v) is 12.8. The van der Waals surface area contributed by atoms with Crippen LogP contribution in [0.5, 0.6) is 0 Å². The van der Waals surface area contributed by atoms with Gasteiger partial charge in [0, 0.05) is 0 Å². The number of allylic oxidation sites excluding steroid dienone is 2. The summed E-state index contributed by atoms with van der Waals surface area (Å²) in [5.74, 6) is 0. The molecule has 0 nitrogen and oxygen atoms in total. The van der Waals surface area contributed by atoms with E-state index in [9.17, 15) is 0 Å². The summed E-state index contributed by atoms with van der Waals surface area (Å²) in [5, 5.41) is 0. The fraction of sp³-hybridized carbons (Fsp3) is 0.667. The standard InChI is InChI=1S/C6H9Cl3Ge/c7-10(8,9)6-4-2-1-3-5-6/h1-2,6H,3-5H2. The van der Waals surface area contributed by atoms with Gasteiger partial charge < -0.3 is 0 Å². The fourth-order valence-electron chi connectivity index (χ4n) is 1.09. The maximum atomic E-state index is 5.90. The zero-order chi connectivity index (χ0) is 7.61. The molecule has 0 aromatic heterocycles. The quantitative estimate of drug-likeness (QED) is 0.497. The predicted molar refractivity (Wildman–Crippen MR) is 50.1 cm³/mol. The summed E-state index contributed by atoms with van der Waals surface area (Å²) in [7, 11) is 14.8. The maximum absolute atomic E-state index is 5.90. The Morgan fingerprint density at radius 2 is 1.90 bits per heavy atom. The molecule has 1 rings (SSSR count). The second-order valence-electron chi connectivity index (χ2n) is 2.52. The van der Waals surface area contributed by atoms with Crippen LogP contribution in [0.25, 0.3) is 0 Å². The number of halogens is 3. The van der Waals surface area contributed by atoms with E-state index in [1.807, 2.05) is 0 Å². The van der Waals surface area contributed by atoms with E-state index >= 15 is 0 Å². The molecule has 4 heteroatoms.